The Morgan fingerprint density at radius 2 is 1.68 bits per heavy atom. The van der Waals surface area contributed by atoms with E-state index >= 15 is 0 Å². The van der Waals surface area contributed by atoms with E-state index in [4.69, 9.17) is 0 Å². The van der Waals surface area contributed by atoms with E-state index in [0.29, 0.717) is 0 Å². The van der Waals surface area contributed by atoms with E-state index in [0.717, 1.165) is 16.5 Å². The van der Waals surface area contributed by atoms with Crippen molar-refractivity contribution < 1.29 is 14.7 Å². The molecular weight excluding hydrogens is 278 g/mol. The predicted molar refractivity (Wildman–Crippen MR) is 87.9 cm³/mol. The molecule has 2 aromatic rings. The number of nitrogens with zero attached hydrogens (tertiary/aromatic N) is 1. The molecule has 4 nitrogen and oxygen atoms in total. The Balaban J connectivity index is 2.51. The number of benzene rings is 2. The summed E-state index contributed by atoms with van der Waals surface area (Å²) in [4.78, 5) is 25.4. The summed E-state index contributed by atoms with van der Waals surface area (Å²) in [5.74, 6) is -1.78. The van der Waals surface area contributed by atoms with Crippen molar-refractivity contribution in [3.63, 3.8) is 0 Å². The molecule has 0 saturated heterocycles. The number of carboxylic acid groups (broad SMARTS) is 1. The highest BCUT2D eigenvalue weighted by molar-refractivity contribution is 6.04. The minimum atomic E-state index is -0.901. The van der Waals surface area contributed by atoms with Gasteiger partial charge in [0, 0.05) is 17.8 Å². The Hall–Kier alpha value is -2.36. The third-order valence-corrected chi connectivity index (χ3v) is 3.70. The minimum Gasteiger partial charge on any atom is -0.481 e. The van der Waals surface area contributed by atoms with Gasteiger partial charge in [-0.2, -0.15) is 0 Å². The Morgan fingerprint density at radius 1 is 1.05 bits per heavy atom. The van der Waals surface area contributed by atoms with Gasteiger partial charge in [-0.15, -0.1) is 0 Å². The van der Waals surface area contributed by atoms with E-state index in [1.807, 2.05) is 56.3 Å². The van der Waals surface area contributed by atoms with Crippen LogP contribution in [0.2, 0.25) is 0 Å². The van der Waals surface area contributed by atoms with Crippen molar-refractivity contribution in [3.8, 4) is 0 Å². The number of carbonyl (C=O) groups excluding carboxylic acids is 1. The maximum absolute atomic E-state index is 12.6. The summed E-state index contributed by atoms with van der Waals surface area (Å²) in [6, 6.07) is 13.6. The lowest BCUT2D eigenvalue weighted by atomic mass is 10.0. The lowest BCUT2D eigenvalue weighted by Crippen LogP contribution is -2.39. The highest BCUT2D eigenvalue weighted by atomic mass is 16.4. The second-order valence-electron chi connectivity index (χ2n) is 5.84. The average Bonchev–Trinajstić information content (AvgIpc) is 2.51. The van der Waals surface area contributed by atoms with Crippen molar-refractivity contribution in [2.75, 3.05) is 11.4 Å². The summed E-state index contributed by atoms with van der Waals surface area (Å²) in [5.41, 5.74) is 0.768. The number of hydrogen-bond donors (Lipinski definition) is 1. The molecule has 1 atom stereocenters. The third kappa shape index (κ3) is 3.27. The topological polar surface area (TPSA) is 57.6 Å². The molecule has 0 heterocycles. The van der Waals surface area contributed by atoms with E-state index in [1.54, 1.807) is 11.8 Å². The number of anilines is 1. The third-order valence-electron chi connectivity index (χ3n) is 3.70. The Kier molecular flexibility index (Phi) is 4.81. The van der Waals surface area contributed by atoms with Crippen LogP contribution in [0.1, 0.15) is 20.8 Å². The van der Waals surface area contributed by atoms with Crippen LogP contribution in [0.3, 0.4) is 0 Å². The molecule has 2 aromatic carbocycles. The number of fused-ring (bicyclic) bond motifs is 1. The van der Waals surface area contributed by atoms with Crippen molar-refractivity contribution in [1.82, 2.24) is 0 Å². The van der Waals surface area contributed by atoms with Gasteiger partial charge in [-0.25, -0.2) is 0 Å². The first kappa shape index (κ1) is 16.0. The molecule has 22 heavy (non-hydrogen) atoms. The largest absolute Gasteiger partial charge is 0.481 e. The van der Waals surface area contributed by atoms with Gasteiger partial charge in [0.2, 0.25) is 5.91 Å². The number of hydrogen-bond acceptors (Lipinski definition) is 2. The Bertz CT molecular complexity index is 688. The van der Waals surface area contributed by atoms with Gasteiger partial charge in [-0.05, 0) is 11.5 Å². The van der Waals surface area contributed by atoms with E-state index in [2.05, 4.69) is 0 Å². The number of carbonyl (C=O) groups is 2. The zero-order chi connectivity index (χ0) is 16.3. The van der Waals surface area contributed by atoms with Crippen molar-refractivity contribution in [2.24, 2.45) is 11.8 Å². The number of carboxylic acids is 1. The van der Waals surface area contributed by atoms with Gasteiger partial charge in [0.25, 0.3) is 0 Å². The van der Waals surface area contributed by atoms with Gasteiger partial charge in [0.15, 0.2) is 0 Å². The smallest absolute Gasteiger partial charge is 0.308 e. The number of rotatable bonds is 5. The molecule has 116 valence electrons. The van der Waals surface area contributed by atoms with Gasteiger partial charge >= 0.3 is 5.97 Å². The van der Waals surface area contributed by atoms with Crippen molar-refractivity contribution in [3.05, 3.63) is 42.5 Å². The standard InChI is InChI=1S/C18H21NO3/c1-12(2)17(20)19(11-13(3)18(21)22)16-10-6-8-14-7-4-5-9-15(14)16/h4-10,12-13H,11H2,1-3H3,(H,21,22). The maximum Gasteiger partial charge on any atom is 0.308 e. The molecule has 0 aromatic heterocycles. The molecule has 0 saturated carbocycles. The van der Waals surface area contributed by atoms with Crippen LogP contribution in [0.5, 0.6) is 0 Å². The van der Waals surface area contributed by atoms with Crippen LogP contribution in [0, 0.1) is 11.8 Å². The van der Waals surface area contributed by atoms with Crippen LogP contribution in [-0.4, -0.2) is 23.5 Å². The molecule has 1 unspecified atom stereocenters. The molecule has 2 rings (SSSR count). The summed E-state index contributed by atoms with van der Waals surface area (Å²) in [6.45, 7) is 5.44. The van der Waals surface area contributed by atoms with Crippen LogP contribution < -0.4 is 4.90 Å². The average molecular weight is 299 g/mol. The summed E-state index contributed by atoms with van der Waals surface area (Å²) in [6.07, 6.45) is 0. The molecule has 0 aliphatic carbocycles. The van der Waals surface area contributed by atoms with Crippen molar-refractivity contribution >= 4 is 28.3 Å². The van der Waals surface area contributed by atoms with Gasteiger partial charge in [-0.1, -0.05) is 57.2 Å². The van der Waals surface area contributed by atoms with Gasteiger partial charge in [0.05, 0.1) is 11.6 Å². The Morgan fingerprint density at radius 3 is 2.32 bits per heavy atom. The van der Waals surface area contributed by atoms with E-state index < -0.39 is 11.9 Å². The SMILES string of the molecule is CC(C)C(=O)N(CC(C)C(=O)O)c1cccc2ccccc12. The first-order valence-electron chi connectivity index (χ1n) is 7.43. The number of amides is 1. The molecule has 0 radical (unpaired) electrons. The van der Waals surface area contributed by atoms with Gasteiger partial charge in [0.1, 0.15) is 0 Å². The molecule has 0 spiro atoms. The fraction of sp³-hybridized carbons (Fsp3) is 0.333. The molecule has 0 aliphatic rings. The molecule has 1 amide bonds. The highest BCUT2D eigenvalue weighted by Gasteiger charge is 2.24. The monoisotopic (exact) mass is 299 g/mol. The maximum atomic E-state index is 12.6. The summed E-state index contributed by atoms with van der Waals surface area (Å²) in [5, 5.41) is 11.2. The zero-order valence-electron chi connectivity index (χ0n) is 13.1. The molecule has 0 aliphatic heterocycles. The lowest BCUT2D eigenvalue weighted by Gasteiger charge is -2.27. The summed E-state index contributed by atoms with van der Waals surface area (Å²) < 4.78 is 0. The fourth-order valence-electron chi connectivity index (χ4n) is 2.41. The second kappa shape index (κ2) is 6.60. The molecule has 1 N–H and O–H groups in total. The van der Waals surface area contributed by atoms with Crippen LogP contribution in [0.25, 0.3) is 10.8 Å². The lowest BCUT2D eigenvalue weighted by molar-refractivity contribution is -0.140. The van der Waals surface area contributed by atoms with E-state index in [-0.39, 0.29) is 18.4 Å². The van der Waals surface area contributed by atoms with Crippen LogP contribution in [0.4, 0.5) is 5.69 Å². The quantitative estimate of drug-likeness (QED) is 0.918. The fourth-order valence-corrected chi connectivity index (χ4v) is 2.41. The summed E-state index contributed by atoms with van der Waals surface area (Å²) >= 11 is 0. The molecule has 0 bridgehead atoms. The van der Waals surface area contributed by atoms with Gasteiger partial charge in [-0.3, -0.25) is 9.59 Å². The Labute approximate surface area is 130 Å². The van der Waals surface area contributed by atoms with Crippen molar-refractivity contribution in [2.45, 2.75) is 20.8 Å². The predicted octanol–water partition coefficient (Wildman–Crippen LogP) is 3.55. The van der Waals surface area contributed by atoms with Crippen LogP contribution in [0.15, 0.2) is 42.5 Å². The minimum absolute atomic E-state index is 0.0653. The first-order chi connectivity index (χ1) is 10.4. The van der Waals surface area contributed by atoms with Crippen LogP contribution in [-0.2, 0) is 9.59 Å². The first-order valence-corrected chi connectivity index (χ1v) is 7.43. The van der Waals surface area contributed by atoms with Crippen LogP contribution >= 0.6 is 0 Å². The van der Waals surface area contributed by atoms with Crippen molar-refractivity contribution in [1.29, 1.82) is 0 Å². The zero-order valence-corrected chi connectivity index (χ0v) is 13.1. The van der Waals surface area contributed by atoms with Gasteiger partial charge < -0.3 is 10.0 Å². The van der Waals surface area contributed by atoms with E-state index in [9.17, 15) is 14.7 Å². The normalized spacial score (nSPS) is 12.4. The second-order valence-corrected chi connectivity index (χ2v) is 5.84. The highest BCUT2D eigenvalue weighted by Crippen LogP contribution is 2.28. The summed E-state index contributed by atoms with van der Waals surface area (Å²) in [7, 11) is 0. The molecular formula is C18H21NO3. The molecule has 0 fully saturated rings. The molecule has 4 heteroatoms. The number of aliphatic carboxylic acids is 1. The van der Waals surface area contributed by atoms with E-state index in [1.165, 1.54) is 0 Å².